The monoisotopic (exact) mass is 617 g/mol. The van der Waals surface area contributed by atoms with Crippen LogP contribution in [0.4, 0.5) is 18.9 Å². The molecular formula is C28H27BrF3N5O3. The quantitative estimate of drug-likeness (QED) is 0.237. The number of pyridine rings is 1. The minimum Gasteiger partial charge on any atom is -0.393 e. The maximum Gasteiger partial charge on any atom is 0.433 e. The molecule has 0 radical (unpaired) electrons. The maximum atomic E-state index is 13.5. The van der Waals surface area contributed by atoms with E-state index < -0.39 is 23.9 Å². The minimum absolute atomic E-state index is 0.0485. The van der Waals surface area contributed by atoms with Gasteiger partial charge in [0.15, 0.2) is 0 Å². The van der Waals surface area contributed by atoms with E-state index in [4.69, 9.17) is 0 Å². The first-order valence-electron chi connectivity index (χ1n) is 12.4. The Hall–Kier alpha value is -3.77. The first-order valence-corrected chi connectivity index (χ1v) is 13.2. The predicted octanol–water partition coefficient (Wildman–Crippen LogP) is 5.63. The average molecular weight is 618 g/mol. The predicted molar refractivity (Wildman–Crippen MR) is 148 cm³/mol. The maximum absolute atomic E-state index is 13.5. The number of rotatable bonds is 8. The molecule has 0 spiro atoms. The van der Waals surface area contributed by atoms with Gasteiger partial charge in [0, 0.05) is 22.0 Å². The van der Waals surface area contributed by atoms with Crippen LogP contribution in [0.15, 0.2) is 53.0 Å². The highest BCUT2D eigenvalue weighted by Gasteiger charge is 2.34. The summed E-state index contributed by atoms with van der Waals surface area (Å²) in [5, 5.41) is 19.6. The largest absolute Gasteiger partial charge is 0.433 e. The molecule has 0 aliphatic heterocycles. The zero-order chi connectivity index (χ0) is 29.2. The second-order valence-corrected chi connectivity index (χ2v) is 10.4. The first-order chi connectivity index (χ1) is 18.8. The molecule has 12 heteroatoms. The van der Waals surface area contributed by atoms with Gasteiger partial charge < -0.3 is 15.7 Å². The molecule has 8 nitrogen and oxygen atoms in total. The Morgan fingerprint density at radius 3 is 2.42 bits per heavy atom. The third-order valence-corrected chi connectivity index (χ3v) is 6.82. The lowest BCUT2D eigenvalue weighted by Gasteiger charge is -2.13. The molecular weight excluding hydrogens is 591 g/mol. The number of alkyl halides is 3. The van der Waals surface area contributed by atoms with Crippen molar-refractivity contribution in [3.05, 3.63) is 86.8 Å². The molecule has 1 unspecified atom stereocenters. The second kappa shape index (κ2) is 11.8. The molecule has 2 heterocycles. The van der Waals surface area contributed by atoms with E-state index in [0.29, 0.717) is 46.6 Å². The van der Waals surface area contributed by atoms with Crippen molar-refractivity contribution in [2.24, 2.45) is 0 Å². The van der Waals surface area contributed by atoms with Gasteiger partial charge in [-0.1, -0.05) is 28.1 Å². The summed E-state index contributed by atoms with van der Waals surface area (Å²) in [5.41, 5.74) is 1.56. The van der Waals surface area contributed by atoms with Gasteiger partial charge in [-0.05, 0) is 69.2 Å². The van der Waals surface area contributed by atoms with Gasteiger partial charge in [-0.2, -0.15) is 18.3 Å². The molecule has 2 aromatic carbocycles. The van der Waals surface area contributed by atoms with Crippen molar-refractivity contribution in [1.82, 2.24) is 20.1 Å². The number of anilines is 1. The van der Waals surface area contributed by atoms with Crippen LogP contribution < -0.4 is 10.6 Å². The van der Waals surface area contributed by atoms with Crippen LogP contribution in [0.5, 0.6) is 0 Å². The van der Waals surface area contributed by atoms with Crippen molar-refractivity contribution in [2.45, 2.75) is 46.0 Å². The van der Waals surface area contributed by atoms with Crippen LogP contribution in [0.3, 0.4) is 0 Å². The fraction of sp³-hybridized carbons (Fsp3) is 0.286. The number of amides is 2. The fourth-order valence-electron chi connectivity index (χ4n) is 4.17. The summed E-state index contributed by atoms with van der Waals surface area (Å²) >= 11 is 3.30. The number of carbonyl (C=O) groups excluding carboxylic acids is 2. The van der Waals surface area contributed by atoms with Gasteiger partial charge in [0.25, 0.3) is 11.8 Å². The summed E-state index contributed by atoms with van der Waals surface area (Å²) < 4.78 is 42.8. The van der Waals surface area contributed by atoms with E-state index in [-0.39, 0.29) is 22.4 Å². The number of halogens is 4. The van der Waals surface area contributed by atoms with Gasteiger partial charge in [0.1, 0.15) is 5.69 Å². The first kappa shape index (κ1) is 29.2. The zero-order valence-corrected chi connectivity index (χ0v) is 23.5. The highest BCUT2D eigenvalue weighted by molar-refractivity contribution is 9.10. The van der Waals surface area contributed by atoms with E-state index in [9.17, 15) is 27.9 Å². The summed E-state index contributed by atoms with van der Waals surface area (Å²) in [4.78, 5) is 29.3. The number of nitrogens with one attached hydrogen (secondary N) is 2. The summed E-state index contributed by atoms with van der Waals surface area (Å²) in [7, 11) is 0. The number of nitrogens with zero attached hydrogens (tertiary/aromatic N) is 3. The van der Waals surface area contributed by atoms with Crippen LogP contribution in [-0.2, 0) is 12.7 Å². The lowest BCUT2D eigenvalue weighted by atomic mass is 10.1. The van der Waals surface area contributed by atoms with Gasteiger partial charge >= 0.3 is 6.18 Å². The van der Waals surface area contributed by atoms with E-state index in [1.165, 1.54) is 6.07 Å². The molecule has 0 aliphatic rings. The van der Waals surface area contributed by atoms with Gasteiger partial charge in [-0.25, -0.2) is 4.98 Å². The Kier molecular flexibility index (Phi) is 8.59. The fourth-order valence-corrected chi connectivity index (χ4v) is 4.54. The summed E-state index contributed by atoms with van der Waals surface area (Å²) in [6.45, 7) is 5.81. The lowest BCUT2D eigenvalue weighted by Crippen LogP contribution is -2.26. The van der Waals surface area contributed by atoms with Crippen molar-refractivity contribution in [3.8, 4) is 0 Å². The number of carbonyl (C=O) groups is 2. The van der Waals surface area contributed by atoms with Crippen molar-refractivity contribution in [1.29, 1.82) is 0 Å². The van der Waals surface area contributed by atoms with Crippen LogP contribution in [0, 0.1) is 13.8 Å². The third kappa shape index (κ3) is 6.68. The van der Waals surface area contributed by atoms with E-state index >= 15 is 0 Å². The highest BCUT2D eigenvalue weighted by atomic mass is 79.9. The van der Waals surface area contributed by atoms with Crippen molar-refractivity contribution in [3.63, 3.8) is 0 Å². The number of hydrogen-bond donors (Lipinski definition) is 3. The Bertz CT molecular complexity index is 1570. The van der Waals surface area contributed by atoms with E-state index in [1.54, 1.807) is 61.9 Å². The zero-order valence-electron chi connectivity index (χ0n) is 21.9. The molecule has 3 N–H and O–H groups in total. The summed E-state index contributed by atoms with van der Waals surface area (Å²) in [6.07, 6.45) is -4.76. The summed E-state index contributed by atoms with van der Waals surface area (Å²) in [6, 6.07) is 12.2. The molecule has 4 rings (SSSR count). The third-order valence-electron chi connectivity index (χ3n) is 6.32. The number of aliphatic hydroxyl groups is 1. The van der Waals surface area contributed by atoms with E-state index in [0.717, 1.165) is 11.6 Å². The van der Waals surface area contributed by atoms with Gasteiger partial charge in [0.05, 0.1) is 40.8 Å². The molecule has 0 fully saturated rings. The molecule has 0 aliphatic carbocycles. The standard InChI is InChI=1S/C28H27BrF3N5O3/c1-15(38)10-11-33-26(39)19-6-4-18(5-7-19)14-37-17(3)25(16(2)36-37)35-27(40)22-13-24(28(30,31)32)34-23-9-8-20(29)12-21(22)23/h4-9,12-13,15,38H,10-11,14H2,1-3H3,(H,33,39)(H,35,40). The van der Waals surface area contributed by atoms with E-state index in [2.05, 4.69) is 36.6 Å². The number of benzene rings is 2. The number of aliphatic hydroxyl groups excluding tert-OH is 1. The SMILES string of the molecule is Cc1nn(Cc2ccc(C(=O)NCCC(C)O)cc2)c(C)c1NC(=O)c1cc(C(F)(F)F)nc2ccc(Br)cc12. The Morgan fingerprint density at radius 2 is 1.77 bits per heavy atom. The number of aryl methyl sites for hydroxylation is 1. The molecule has 2 amide bonds. The number of aromatic nitrogens is 3. The molecule has 4 aromatic rings. The van der Waals surface area contributed by atoms with Gasteiger partial charge in [0.2, 0.25) is 0 Å². The van der Waals surface area contributed by atoms with Gasteiger partial charge in [-0.15, -0.1) is 0 Å². The van der Waals surface area contributed by atoms with E-state index in [1.807, 2.05) is 0 Å². The van der Waals surface area contributed by atoms with Crippen LogP contribution >= 0.6 is 15.9 Å². The lowest BCUT2D eigenvalue weighted by molar-refractivity contribution is -0.141. The minimum atomic E-state index is -4.72. The van der Waals surface area contributed by atoms with Gasteiger partial charge in [-0.3, -0.25) is 14.3 Å². The average Bonchev–Trinajstić information content (AvgIpc) is 3.14. The molecule has 2 aromatic heterocycles. The molecule has 210 valence electrons. The molecule has 1 atom stereocenters. The highest BCUT2D eigenvalue weighted by Crippen LogP contribution is 2.32. The Morgan fingerprint density at radius 1 is 1.07 bits per heavy atom. The van der Waals surface area contributed by atoms with Crippen LogP contribution in [0.1, 0.15) is 56.7 Å². The normalized spacial score (nSPS) is 12.4. The molecule has 0 bridgehead atoms. The van der Waals surface area contributed by atoms with Crippen molar-refractivity contribution >= 4 is 44.3 Å². The van der Waals surface area contributed by atoms with Crippen LogP contribution in [-0.4, -0.2) is 44.3 Å². The van der Waals surface area contributed by atoms with Crippen molar-refractivity contribution < 1.29 is 27.9 Å². The van der Waals surface area contributed by atoms with Crippen LogP contribution in [0.25, 0.3) is 10.9 Å². The molecule has 40 heavy (non-hydrogen) atoms. The second-order valence-electron chi connectivity index (χ2n) is 9.46. The Labute approximate surface area is 236 Å². The number of hydrogen-bond acceptors (Lipinski definition) is 5. The summed E-state index contributed by atoms with van der Waals surface area (Å²) in [5.74, 6) is -0.958. The topological polar surface area (TPSA) is 109 Å². The Balaban J connectivity index is 1.54. The van der Waals surface area contributed by atoms with Crippen LogP contribution in [0.2, 0.25) is 0 Å². The van der Waals surface area contributed by atoms with Crippen molar-refractivity contribution in [2.75, 3.05) is 11.9 Å². The number of fused-ring (bicyclic) bond motifs is 1. The molecule has 0 saturated carbocycles. The molecule has 0 saturated heterocycles. The smallest absolute Gasteiger partial charge is 0.393 e.